The summed E-state index contributed by atoms with van der Waals surface area (Å²) >= 11 is 0. The van der Waals surface area contributed by atoms with E-state index >= 15 is 0 Å². The molecule has 0 spiro atoms. The predicted octanol–water partition coefficient (Wildman–Crippen LogP) is -2.58. The van der Waals surface area contributed by atoms with Crippen LogP contribution in [0.3, 0.4) is 0 Å². The minimum Gasteiger partial charge on any atom is -0.546 e. The molecule has 0 aromatic rings. The molecule has 0 aromatic heterocycles. The molecule has 1 rings (SSSR count). The van der Waals surface area contributed by atoms with E-state index in [0.717, 1.165) is 12.8 Å². The van der Waals surface area contributed by atoms with E-state index in [-0.39, 0.29) is 25.3 Å². The quantitative estimate of drug-likeness (QED) is 0.325. The molecule has 0 N–H and O–H groups in total. The first kappa shape index (κ1) is 12.6. The Morgan fingerprint density at radius 2 is 2.08 bits per heavy atom. The zero-order valence-electron chi connectivity index (χ0n) is 7.73. The first-order chi connectivity index (χ1) is 5.65. The first-order valence-corrected chi connectivity index (χ1v) is 4.05. The van der Waals surface area contributed by atoms with Crippen molar-refractivity contribution in [2.24, 2.45) is 0 Å². The van der Waals surface area contributed by atoms with Crippen molar-refractivity contribution in [3.05, 3.63) is 0 Å². The van der Waals surface area contributed by atoms with Gasteiger partial charge in [0, 0.05) is 6.42 Å². The van der Waals surface area contributed by atoms with E-state index in [1.165, 1.54) is 0 Å². The van der Waals surface area contributed by atoms with E-state index in [0.29, 0.717) is 12.8 Å². The molecule has 1 aliphatic rings. The van der Waals surface area contributed by atoms with Crippen molar-refractivity contribution in [1.82, 2.24) is 0 Å². The molecule has 0 aliphatic heterocycles. The van der Waals surface area contributed by atoms with E-state index in [1.54, 1.807) is 0 Å². The summed E-state index contributed by atoms with van der Waals surface area (Å²) in [5.74, 6) is 2.93. The van der Waals surface area contributed by atoms with Gasteiger partial charge in [-0.3, -0.25) is 0 Å². The molecule has 0 aromatic carbocycles. The summed E-state index contributed by atoms with van der Waals surface area (Å²) in [5, 5.41) is 10.4. The number of rotatable bonds is 1. The zero-order valence-corrected chi connectivity index (χ0v) is 7.73. The molecular weight excluding hydrogens is 166 g/mol. The Hall–Kier alpha value is -0.443. The summed E-state index contributed by atoms with van der Waals surface area (Å²) in [6.07, 6.45) is 2.88. The third-order valence-corrected chi connectivity index (χ3v) is 1.93. The van der Waals surface area contributed by atoms with Crippen molar-refractivity contribution >= 4 is 5.97 Å². The van der Waals surface area contributed by atoms with Gasteiger partial charge in [-0.15, -0.1) is 0 Å². The number of carbonyl (C=O) groups is 1. The van der Waals surface area contributed by atoms with Crippen molar-refractivity contribution in [2.75, 3.05) is 0 Å². The van der Waals surface area contributed by atoms with Crippen molar-refractivity contribution in [3.8, 4) is 11.8 Å². The number of halogens is 1. The molecule has 0 bridgehead atoms. The van der Waals surface area contributed by atoms with Crippen molar-refractivity contribution in [2.45, 2.75) is 37.8 Å². The van der Waals surface area contributed by atoms with Gasteiger partial charge in [-0.1, -0.05) is 18.3 Å². The average molecular weight is 176 g/mol. The molecule has 0 fully saturated rings. The minimum atomic E-state index is -2.40. The molecule has 4 heteroatoms. The Kier molecular flexibility index (Phi) is 5.14. The van der Waals surface area contributed by atoms with Crippen LogP contribution in [0, 0.1) is 11.8 Å². The van der Waals surface area contributed by atoms with Gasteiger partial charge in [0.1, 0.15) is 0 Å². The van der Waals surface area contributed by atoms with Crippen LogP contribution in [0.2, 0.25) is 0 Å². The number of hydrogen-bond acceptors (Lipinski definition) is 2. The van der Waals surface area contributed by atoms with Crippen LogP contribution in [0.5, 0.6) is 0 Å². The Labute approximate surface area is 89.1 Å². The molecular formula is C9H10FLiO2. The molecule has 0 saturated heterocycles. The van der Waals surface area contributed by atoms with Crippen LogP contribution in [0.15, 0.2) is 0 Å². The van der Waals surface area contributed by atoms with Gasteiger partial charge in [0.2, 0.25) is 5.67 Å². The van der Waals surface area contributed by atoms with Gasteiger partial charge in [0.05, 0.1) is 5.97 Å². The standard InChI is InChI=1S/C9H11FO2.Li/c10-9(8(11)12)6-4-2-1-3-5-7-9;/h1-4,6H2,(H,11,12);/q;+1/p-1. The fourth-order valence-electron chi connectivity index (χ4n) is 1.18. The fourth-order valence-corrected chi connectivity index (χ4v) is 1.18. The Bertz CT molecular complexity index is 244. The third-order valence-electron chi connectivity index (χ3n) is 1.93. The summed E-state index contributed by atoms with van der Waals surface area (Å²) < 4.78 is 13.3. The first-order valence-electron chi connectivity index (χ1n) is 4.05. The Morgan fingerprint density at radius 1 is 1.38 bits per heavy atom. The van der Waals surface area contributed by atoms with Gasteiger partial charge in [0.15, 0.2) is 0 Å². The number of alkyl halides is 1. The van der Waals surface area contributed by atoms with Crippen LogP contribution < -0.4 is 24.0 Å². The molecule has 13 heavy (non-hydrogen) atoms. The summed E-state index contributed by atoms with van der Waals surface area (Å²) in [6.45, 7) is 0. The van der Waals surface area contributed by atoms with Crippen molar-refractivity contribution in [3.63, 3.8) is 0 Å². The smallest absolute Gasteiger partial charge is 0.546 e. The van der Waals surface area contributed by atoms with Crippen LogP contribution >= 0.6 is 0 Å². The van der Waals surface area contributed by atoms with Gasteiger partial charge in [0.25, 0.3) is 0 Å². The number of aliphatic carboxylic acids is 1. The second kappa shape index (κ2) is 5.32. The van der Waals surface area contributed by atoms with Gasteiger partial charge in [-0.2, -0.15) is 0 Å². The molecule has 0 amide bonds. The monoisotopic (exact) mass is 176 g/mol. The Morgan fingerprint density at radius 3 is 2.69 bits per heavy atom. The zero-order chi connectivity index (χ0) is 9.03. The van der Waals surface area contributed by atoms with Gasteiger partial charge < -0.3 is 9.90 Å². The third kappa shape index (κ3) is 3.42. The number of carboxylic acids is 1. The number of carboxylic acid groups (broad SMARTS) is 1. The van der Waals surface area contributed by atoms with Crippen LogP contribution in [-0.4, -0.2) is 11.6 Å². The van der Waals surface area contributed by atoms with Gasteiger partial charge in [-0.05, 0) is 19.3 Å². The number of carbonyl (C=O) groups excluding carboxylic acids is 1. The van der Waals surface area contributed by atoms with E-state index in [1.807, 2.05) is 0 Å². The van der Waals surface area contributed by atoms with E-state index in [9.17, 15) is 14.3 Å². The van der Waals surface area contributed by atoms with E-state index in [2.05, 4.69) is 11.8 Å². The molecule has 0 heterocycles. The molecule has 0 saturated carbocycles. The largest absolute Gasteiger partial charge is 1.00 e. The van der Waals surface area contributed by atoms with Crippen LogP contribution in [0.4, 0.5) is 4.39 Å². The maximum atomic E-state index is 13.3. The van der Waals surface area contributed by atoms with Crippen LogP contribution in [0.25, 0.3) is 0 Å². The SMILES string of the molecule is O=C([O-])C1(F)C#CCCCCC1.[Li+]. The maximum Gasteiger partial charge on any atom is 1.00 e. The maximum absolute atomic E-state index is 13.3. The summed E-state index contributed by atoms with van der Waals surface area (Å²) in [6, 6.07) is 0. The Balaban J connectivity index is 0.00000144. The summed E-state index contributed by atoms with van der Waals surface area (Å²) in [5.41, 5.74) is -2.40. The van der Waals surface area contributed by atoms with Crippen LogP contribution in [0.1, 0.15) is 32.1 Å². The average Bonchev–Trinajstić information content (AvgIpc) is 1.97. The van der Waals surface area contributed by atoms with Gasteiger partial charge in [-0.25, -0.2) is 4.39 Å². The van der Waals surface area contributed by atoms with Crippen molar-refractivity contribution < 1.29 is 33.2 Å². The minimum absolute atomic E-state index is 0. The molecule has 1 aliphatic carbocycles. The second-order valence-corrected chi connectivity index (χ2v) is 2.95. The van der Waals surface area contributed by atoms with E-state index in [4.69, 9.17) is 0 Å². The normalized spacial score (nSPS) is 27.2. The topological polar surface area (TPSA) is 40.1 Å². The summed E-state index contributed by atoms with van der Waals surface area (Å²) in [4.78, 5) is 10.4. The van der Waals surface area contributed by atoms with E-state index < -0.39 is 11.6 Å². The molecule has 1 atom stereocenters. The van der Waals surface area contributed by atoms with Crippen LogP contribution in [-0.2, 0) is 4.79 Å². The molecule has 66 valence electrons. The molecule has 1 unspecified atom stereocenters. The second-order valence-electron chi connectivity index (χ2n) is 2.95. The predicted molar refractivity (Wildman–Crippen MR) is 39.7 cm³/mol. The number of hydrogen-bond donors (Lipinski definition) is 0. The summed E-state index contributed by atoms with van der Waals surface area (Å²) in [7, 11) is 0. The van der Waals surface area contributed by atoms with Crippen molar-refractivity contribution in [1.29, 1.82) is 0 Å². The fraction of sp³-hybridized carbons (Fsp3) is 0.667. The van der Waals surface area contributed by atoms with Gasteiger partial charge >= 0.3 is 18.9 Å². The molecule has 0 radical (unpaired) electrons. The molecule has 2 nitrogen and oxygen atoms in total.